The zero-order chi connectivity index (χ0) is 17.1. The number of aryl methyl sites for hydroxylation is 4. The number of fused-ring (bicyclic) bond motifs is 1. The van der Waals surface area contributed by atoms with Gasteiger partial charge >= 0.3 is 0 Å². The maximum absolute atomic E-state index is 12.2. The number of benzene rings is 2. The van der Waals surface area contributed by atoms with Gasteiger partial charge < -0.3 is 9.88 Å². The normalized spacial score (nSPS) is 11.0. The van der Waals surface area contributed by atoms with Crippen molar-refractivity contribution in [3.8, 4) is 0 Å². The van der Waals surface area contributed by atoms with Crippen molar-refractivity contribution in [2.24, 2.45) is 0 Å². The number of aromatic nitrogens is 1. The molecule has 3 nitrogen and oxygen atoms in total. The highest BCUT2D eigenvalue weighted by molar-refractivity contribution is 5.91. The fraction of sp³-hybridized carbons (Fsp3) is 0.286. The molecule has 3 heteroatoms. The minimum Gasteiger partial charge on any atom is -0.348 e. The first-order chi connectivity index (χ1) is 11.6. The Balaban J connectivity index is 1.64. The van der Waals surface area contributed by atoms with E-state index in [0.29, 0.717) is 6.42 Å². The Morgan fingerprint density at radius 3 is 2.71 bits per heavy atom. The number of nitrogens with one attached hydrogen (secondary N) is 1. The average molecular weight is 320 g/mol. The SMILES string of the molecule is CCn1ccc2cc(CCC(=O)Nc3cc(C)ccc3C)ccc21. The van der Waals surface area contributed by atoms with Gasteiger partial charge in [0.25, 0.3) is 0 Å². The van der Waals surface area contributed by atoms with Crippen molar-refractivity contribution in [1.82, 2.24) is 4.57 Å². The van der Waals surface area contributed by atoms with Crippen molar-refractivity contribution in [2.45, 2.75) is 40.2 Å². The van der Waals surface area contributed by atoms with Crippen molar-refractivity contribution in [1.29, 1.82) is 0 Å². The van der Waals surface area contributed by atoms with Crippen LogP contribution in [0.4, 0.5) is 5.69 Å². The molecular weight excluding hydrogens is 296 g/mol. The summed E-state index contributed by atoms with van der Waals surface area (Å²) < 4.78 is 2.23. The fourth-order valence-electron chi connectivity index (χ4n) is 3.02. The van der Waals surface area contributed by atoms with Crippen LogP contribution in [0.3, 0.4) is 0 Å². The van der Waals surface area contributed by atoms with Gasteiger partial charge in [-0.2, -0.15) is 0 Å². The standard InChI is InChI=1S/C21H24N2O/c1-4-23-12-11-18-14-17(7-9-20(18)23)8-10-21(24)22-19-13-15(2)5-6-16(19)3/h5-7,9,11-14H,4,8,10H2,1-3H3,(H,22,24). The highest BCUT2D eigenvalue weighted by Crippen LogP contribution is 2.20. The summed E-state index contributed by atoms with van der Waals surface area (Å²) in [4.78, 5) is 12.2. The third kappa shape index (κ3) is 3.51. The molecule has 24 heavy (non-hydrogen) atoms. The number of anilines is 1. The zero-order valence-corrected chi connectivity index (χ0v) is 14.6. The van der Waals surface area contributed by atoms with E-state index < -0.39 is 0 Å². The number of rotatable bonds is 5. The van der Waals surface area contributed by atoms with E-state index in [1.807, 2.05) is 26.0 Å². The summed E-state index contributed by atoms with van der Waals surface area (Å²) in [5.74, 6) is 0.0647. The molecule has 0 spiro atoms. The Morgan fingerprint density at radius 1 is 1.08 bits per heavy atom. The smallest absolute Gasteiger partial charge is 0.224 e. The summed E-state index contributed by atoms with van der Waals surface area (Å²) >= 11 is 0. The van der Waals surface area contributed by atoms with Gasteiger partial charge in [0.1, 0.15) is 0 Å². The van der Waals surface area contributed by atoms with E-state index in [1.165, 1.54) is 16.5 Å². The molecule has 1 heterocycles. The Hall–Kier alpha value is -2.55. The van der Waals surface area contributed by atoms with Gasteiger partial charge in [-0.15, -0.1) is 0 Å². The molecule has 2 aromatic carbocycles. The third-order valence-corrected chi connectivity index (χ3v) is 4.48. The van der Waals surface area contributed by atoms with Gasteiger partial charge in [-0.1, -0.05) is 18.2 Å². The fourth-order valence-corrected chi connectivity index (χ4v) is 3.02. The van der Waals surface area contributed by atoms with E-state index in [9.17, 15) is 4.79 Å². The Bertz CT molecular complexity index is 877. The molecule has 1 amide bonds. The summed E-state index contributed by atoms with van der Waals surface area (Å²) in [5.41, 5.74) is 5.61. The summed E-state index contributed by atoms with van der Waals surface area (Å²) in [6.07, 6.45) is 3.36. The second-order valence-corrected chi connectivity index (χ2v) is 6.36. The van der Waals surface area contributed by atoms with Gasteiger partial charge in [0, 0.05) is 30.4 Å². The summed E-state index contributed by atoms with van der Waals surface area (Å²) in [6.45, 7) is 7.17. The van der Waals surface area contributed by atoms with Crippen LogP contribution < -0.4 is 5.32 Å². The van der Waals surface area contributed by atoms with Crippen LogP contribution in [0.2, 0.25) is 0 Å². The van der Waals surface area contributed by atoms with E-state index in [4.69, 9.17) is 0 Å². The first-order valence-electron chi connectivity index (χ1n) is 8.51. The first-order valence-corrected chi connectivity index (χ1v) is 8.51. The van der Waals surface area contributed by atoms with Gasteiger partial charge in [0.15, 0.2) is 0 Å². The molecule has 0 aliphatic rings. The van der Waals surface area contributed by atoms with E-state index >= 15 is 0 Å². The molecule has 1 N–H and O–H groups in total. The van der Waals surface area contributed by atoms with Gasteiger partial charge in [-0.25, -0.2) is 0 Å². The lowest BCUT2D eigenvalue weighted by atomic mass is 10.1. The molecule has 0 radical (unpaired) electrons. The highest BCUT2D eigenvalue weighted by Gasteiger charge is 2.07. The van der Waals surface area contributed by atoms with Gasteiger partial charge in [0.2, 0.25) is 5.91 Å². The number of amides is 1. The van der Waals surface area contributed by atoms with E-state index in [0.717, 1.165) is 29.8 Å². The predicted octanol–water partition coefficient (Wildman–Crippen LogP) is 4.85. The van der Waals surface area contributed by atoms with Gasteiger partial charge in [-0.3, -0.25) is 4.79 Å². The zero-order valence-electron chi connectivity index (χ0n) is 14.6. The number of nitrogens with zero attached hydrogens (tertiary/aromatic N) is 1. The van der Waals surface area contributed by atoms with Crippen LogP contribution in [0.15, 0.2) is 48.7 Å². The molecule has 0 fully saturated rings. The van der Waals surface area contributed by atoms with Gasteiger partial charge in [0.05, 0.1) is 0 Å². The van der Waals surface area contributed by atoms with Gasteiger partial charge in [-0.05, 0) is 73.5 Å². The van der Waals surface area contributed by atoms with Crippen molar-refractivity contribution >= 4 is 22.5 Å². The van der Waals surface area contributed by atoms with Crippen molar-refractivity contribution in [2.75, 3.05) is 5.32 Å². The molecule has 0 atom stereocenters. The van der Waals surface area contributed by atoms with Crippen LogP contribution in [0.5, 0.6) is 0 Å². The van der Waals surface area contributed by atoms with Crippen molar-refractivity contribution in [3.05, 3.63) is 65.4 Å². The van der Waals surface area contributed by atoms with E-state index in [2.05, 4.69) is 53.3 Å². The lowest BCUT2D eigenvalue weighted by molar-refractivity contribution is -0.116. The van der Waals surface area contributed by atoms with Crippen molar-refractivity contribution in [3.63, 3.8) is 0 Å². The number of carbonyl (C=O) groups is 1. The van der Waals surface area contributed by atoms with Crippen LogP contribution in [0, 0.1) is 13.8 Å². The van der Waals surface area contributed by atoms with Crippen LogP contribution in [0.25, 0.3) is 10.9 Å². The first kappa shape index (κ1) is 16.3. The molecule has 3 aromatic rings. The second-order valence-electron chi connectivity index (χ2n) is 6.36. The maximum atomic E-state index is 12.2. The third-order valence-electron chi connectivity index (χ3n) is 4.48. The lowest BCUT2D eigenvalue weighted by Gasteiger charge is -2.09. The topological polar surface area (TPSA) is 34.0 Å². The molecule has 1 aromatic heterocycles. The second kappa shape index (κ2) is 6.91. The number of hydrogen-bond donors (Lipinski definition) is 1. The quantitative estimate of drug-likeness (QED) is 0.716. The predicted molar refractivity (Wildman–Crippen MR) is 100 cm³/mol. The summed E-state index contributed by atoms with van der Waals surface area (Å²) in [5, 5.41) is 4.27. The largest absolute Gasteiger partial charge is 0.348 e. The van der Waals surface area contributed by atoms with E-state index in [1.54, 1.807) is 0 Å². The molecule has 3 rings (SSSR count). The Kier molecular flexibility index (Phi) is 4.70. The van der Waals surface area contributed by atoms with E-state index in [-0.39, 0.29) is 5.91 Å². The minimum atomic E-state index is 0.0647. The van der Waals surface area contributed by atoms with Crippen molar-refractivity contribution < 1.29 is 4.79 Å². The monoisotopic (exact) mass is 320 g/mol. The van der Waals surface area contributed by atoms with Crippen LogP contribution in [-0.4, -0.2) is 10.5 Å². The Morgan fingerprint density at radius 2 is 1.92 bits per heavy atom. The highest BCUT2D eigenvalue weighted by atomic mass is 16.1. The van der Waals surface area contributed by atoms with Crippen LogP contribution in [-0.2, 0) is 17.8 Å². The molecule has 0 saturated heterocycles. The summed E-state index contributed by atoms with van der Waals surface area (Å²) in [7, 11) is 0. The molecule has 0 aliphatic heterocycles. The molecule has 0 aliphatic carbocycles. The minimum absolute atomic E-state index is 0.0647. The molecule has 0 bridgehead atoms. The number of hydrogen-bond acceptors (Lipinski definition) is 1. The molecule has 124 valence electrons. The molecule has 0 saturated carbocycles. The average Bonchev–Trinajstić information content (AvgIpc) is 2.98. The lowest BCUT2D eigenvalue weighted by Crippen LogP contribution is -2.13. The Labute approximate surface area is 143 Å². The number of carbonyl (C=O) groups excluding carboxylic acids is 1. The van der Waals surface area contributed by atoms with Crippen LogP contribution in [0.1, 0.15) is 30.0 Å². The maximum Gasteiger partial charge on any atom is 0.224 e. The summed E-state index contributed by atoms with van der Waals surface area (Å²) in [6, 6.07) is 14.7. The molecule has 0 unspecified atom stereocenters. The van der Waals surface area contributed by atoms with Crippen LogP contribution >= 0.6 is 0 Å². The molecular formula is C21H24N2O.